The molecule has 4 N–H and O–H groups in total. The number of urea groups is 1. The number of carbonyl (C=O) groups is 1. The monoisotopic (exact) mass is 328 g/mol. The van der Waals surface area contributed by atoms with Crippen LogP contribution in [-0.2, 0) is 10.0 Å². The summed E-state index contributed by atoms with van der Waals surface area (Å²) in [5.74, 6) is 0. The molecule has 1 heterocycles. The lowest BCUT2D eigenvalue weighted by molar-refractivity contribution is 0.249. The van der Waals surface area contributed by atoms with Crippen LogP contribution in [0.2, 0.25) is 5.15 Å². The highest BCUT2D eigenvalue weighted by molar-refractivity contribution is 7.89. The molecule has 0 saturated heterocycles. The largest absolute Gasteiger partial charge is 0.352 e. The Balaban J connectivity index is 2.16. The minimum atomic E-state index is -3.66. The number of nitrogens with two attached hydrogens (primary N) is 1. The summed E-state index contributed by atoms with van der Waals surface area (Å²) >= 11 is 5.77. The van der Waals surface area contributed by atoms with Gasteiger partial charge in [0, 0.05) is 18.5 Å². The highest BCUT2D eigenvalue weighted by atomic mass is 35.5. The number of halogens is 1. The van der Waals surface area contributed by atoms with E-state index in [1.807, 2.05) is 0 Å². The average molecular weight is 329 g/mol. The topological polar surface area (TPSA) is 114 Å². The van der Waals surface area contributed by atoms with Crippen LogP contribution >= 0.6 is 11.6 Å². The molecule has 0 saturated carbocycles. The van der Waals surface area contributed by atoms with Crippen molar-refractivity contribution in [1.29, 1.82) is 0 Å². The Morgan fingerprint density at radius 2 is 2.00 bits per heavy atom. The molecule has 21 heavy (non-hydrogen) atoms. The Hall–Kier alpha value is -1.90. The van der Waals surface area contributed by atoms with Gasteiger partial charge < -0.3 is 11.1 Å². The molecule has 2 rings (SSSR count). The summed E-state index contributed by atoms with van der Waals surface area (Å²) in [5, 5.41) is 3.30. The Labute approximate surface area is 126 Å². The zero-order chi connectivity index (χ0) is 15.5. The van der Waals surface area contributed by atoms with Crippen LogP contribution in [0.25, 0.3) is 10.9 Å². The first-order chi connectivity index (χ1) is 9.88. The van der Waals surface area contributed by atoms with Crippen molar-refractivity contribution < 1.29 is 13.2 Å². The van der Waals surface area contributed by atoms with E-state index in [0.717, 1.165) is 0 Å². The Bertz CT molecular complexity index is 779. The SMILES string of the molecule is NC(=O)NCCNS(=O)(=O)c1ccc2nc(Cl)ccc2c1. The van der Waals surface area contributed by atoms with E-state index >= 15 is 0 Å². The minimum Gasteiger partial charge on any atom is -0.352 e. The molecular formula is C12H13ClN4O3S. The van der Waals surface area contributed by atoms with Gasteiger partial charge in [-0.2, -0.15) is 0 Å². The van der Waals surface area contributed by atoms with E-state index < -0.39 is 16.1 Å². The number of pyridine rings is 1. The minimum absolute atomic E-state index is 0.0438. The van der Waals surface area contributed by atoms with Crippen molar-refractivity contribution in [3.8, 4) is 0 Å². The van der Waals surface area contributed by atoms with Gasteiger partial charge in [-0.25, -0.2) is 22.9 Å². The zero-order valence-corrected chi connectivity index (χ0v) is 12.4. The summed E-state index contributed by atoms with van der Waals surface area (Å²) in [6, 6.07) is 7.10. The molecule has 0 unspecified atom stereocenters. The number of carbonyl (C=O) groups excluding carboxylic acids is 1. The van der Waals surface area contributed by atoms with Crippen molar-refractivity contribution in [2.75, 3.05) is 13.1 Å². The molecule has 0 aliphatic carbocycles. The van der Waals surface area contributed by atoms with Crippen LogP contribution < -0.4 is 15.8 Å². The quantitative estimate of drug-likeness (QED) is 0.557. The second kappa shape index (κ2) is 6.25. The van der Waals surface area contributed by atoms with E-state index in [1.165, 1.54) is 12.1 Å². The van der Waals surface area contributed by atoms with E-state index in [-0.39, 0.29) is 18.0 Å². The molecule has 0 radical (unpaired) electrons. The number of sulfonamides is 1. The highest BCUT2D eigenvalue weighted by Gasteiger charge is 2.14. The Kier molecular flexibility index (Phi) is 4.61. The molecule has 1 aromatic heterocycles. The smallest absolute Gasteiger partial charge is 0.312 e. The number of aromatic nitrogens is 1. The van der Waals surface area contributed by atoms with Crippen molar-refractivity contribution in [3.05, 3.63) is 35.5 Å². The predicted octanol–water partition coefficient (Wildman–Crippen LogP) is 0.835. The maximum Gasteiger partial charge on any atom is 0.312 e. The number of nitrogens with zero attached hydrogens (tertiary/aromatic N) is 1. The number of hydrogen-bond donors (Lipinski definition) is 3. The summed E-state index contributed by atoms with van der Waals surface area (Å²) in [7, 11) is -3.66. The lowest BCUT2D eigenvalue weighted by Gasteiger charge is -2.08. The fourth-order valence-corrected chi connectivity index (χ4v) is 2.92. The number of amides is 2. The second-order valence-corrected chi connectivity index (χ2v) is 6.33. The van der Waals surface area contributed by atoms with E-state index in [1.54, 1.807) is 18.2 Å². The van der Waals surface area contributed by atoms with Gasteiger partial charge in [-0.05, 0) is 30.3 Å². The van der Waals surface area contributed by atoms with Crippen LogP contribution in [0.15, 0.2) is 35.2 Å². The normalized spacial score (nSPS) is 11.5. The van der Waals surface area contributed by atoms with Crippen molar-refractivity contribution in [1.82, 2.24) is 15.0 Å². The molecule has 0 fully saturated rings. The third kappa shape index (κ3) is 4.03. The zero-order valence-electron chi connectivity index (χ0n) is 10.8. The number of hydrogen-bond acceptors (Lipinski definition) is 4. The molecule has 0 bridgehead atoms. The van der Waals surface area contributed by atoms with Gasteiger partial charge in [-0.3, -0.25) is 0 Å². The molecule has 7 nitrogen and oxygen atoms in total. The summed E-state index contributed by atoms with van der Waals surface area (Å²) < 4.78 is 26.5. The second-order valence-electron chi connectivity index (χ2n) is 4.18. The van der Waals surface area contributed by atoms with Crippen molar-refractivity contribution in [2.24, 2.45) is 5.73 Å². The summed E-state index contributed by atoms with van der Waals surface area (Å²) in [6.07, 6.45) is 0. The standard InChI is InChI=1S/C12H13ClN4O3S/c13-11-4-1-8-7-9(2-3-10(8)17-11)21(19,20)16-6-5-15-12(14)18/h1-4,7,16H,5-6H2,(H3,14,15,18). The molecule has 1 aromatic carbocycles. The highest BCUT2D eigenvalue weighted by Crippen LogP contribution is 2.19. The van der Waals surface area contributed by atoms with Gasteiger partial charge in [0.1, 0.15) is 5.15 Å². The number of primary amides is 1. The average Bonchev–Trinajstić information content (AvgIpc) is 2.43. The van der Waals surface area contributed by atoms with E-state index in [2.05, 4.69) is 15.0 Å². The van der Waals surface area contributed by atoms with Crippen LogP contribution in [0.3, 0.4) is 0 Å². The fourth-order valence-electron chi connectivity index (χ4n) is 1.70. The Morgan fingerprint density at radius 3 is 2.71 bits per heavy atom. The summed E-state index contributed by atoms with van der Waals surface area (Å²) in [4.78, 5) is 14.7. The molecule has 0 spiro atoms. The molecule has 9 heteroatoms. The maximum atomic E-state index is 12.1. The molecule has 112 valence electrons. The Morgan fingerprint density at radius 1 is 1.24 bits per heavy atom. The van der Waals surface area contributed by atoms with Crippen LogP contribution in [0.4, 0.5) is 4.79 Å². The van der Waals surface area contributed by atoms with Crippen molar-refractivity contribution >= 4 is 38.6 Å². The van der Waals surface area contributed by atoms with Crippen LogP contribution in [-0.4, -0.2) is 32.5 Å². The van der Waals surface area contributed by atoms with Gasteiger partial charge in [0.15, 0.2) is 0 Å². The fraction of sp³-hybridized carbons (Fsp3) is 0.167. The molecule has 2 amide bonds. The number of fused-ring (bicyclic) bond motifs is 1. The van der Waals surface area contributed by atoms with E-state index in [0.29, 0.717) is 16.1 Å². The van der Waals surface area contributed by atoms with Gasteiger partial charge in [0.2, 0.25) is 10.0 Å². The lowest BCUT2D eigenvalue weighted by atomic mass is 10.2. The first-order valence-electron chi connectivity index (χ1n) is 5.98. The van der Waals surface area contributed by atoms with Crippen molar-refractivity contribution in [3.63, 3.8) is 0 Å². The number of benzene rings is 1. The van der Waals surface area contributed by atoms with Crippen LogP contribution in [0.1, 0.15) is 0 Å². The van der Waals surface area contributed by atoms with Crippen LogP contribution in [0, 0.1) is 0 Å². The third-order valence-corrected chi connectivity index (χ3v) is 4.32. The molecule has 2 aromatic rings. The first kappa shape index (κ1) is 15.5. The lowest BCUT2D eigenvalue weighted by Crippen LogP contribution is -2.37. The van der Waals surface area contributed by atoms with Gasteiger partial charge in [-0.1, -0.05) is 11.6 Å². The molecule has 0 aliphatic rings. The van der Waals surface area contributed by atoms with Gasteiger partial charge in [-0.15, -0.1) is 0 Å². The van der Waals surface area contributed by atoms with Gasteiger partial charge >= 0.3 is 6.03 Å². The predicted molar refractivity (Wildman–Crippen MR) is 79.5 cm³/mol. The first-order valence-corrected chi connectivity index (χ1v) is 7.84. The van der Waals surface area contributed by atoms with Gasteiger partial charge in [0.25, 0.3) is 0 Å². The van der Waals surface area contributed by atoms with Gasteiger partial charge in [0.05, 0.1) is 10.4 Å². The molecular weight excluding hydrogens is 316 g/mol. The van der Waals surface area contributed by atoms with Crippen molar-refractivity contribution in [2.45, 2.75) is 4.90 Å². The molecule has 0 atom stereocenters. The molecule has 0 aliphatic heterocycles. The number of rotatable bonds is 5. The van der Waals surface area contributed by atoms with Crippen LogP contribution in [0.5, 0.6) is 0 Å². The van der Waals surface area contributed by atoms with E-state index in [9.17, 15) is 13.2 Å². The third-order valence-electron chi connectivity index (χ3n) is 2.65. The summed E-state index contributed by atoms with van der Waals surface area (Å²) in [5.41, 5.74) is 5.49. The maximum absolute atomic E-state index is 12.1. The summed E-state index contributed by atoms with van der Waals surface area (Å²) in [6.45, 7) is 0.154. The number of nitrogens with one attached hydrogen (secondary N) is 2. The van der Waals surface area contributed by atoms with E-state index in [4.69, 9.17) is 17.3 Å².